The molecule has 0 saturated carbocycles. The molecular weight excluding hydrogens is 222 g/mol. The van der Waals surface area contributed by atoms with Crippen LogP contribution in [0.2, 0.25) is 0 Å². The highest BCUT2D eigenvalue weighted by Gasteiger charge is 2.18. The molecule has 0 aromatic heterocycles. The molecule has 100 valence electrons. The van der Waals surface area contributed by atoms with Crippen molar-refractivity contribution in [2.75, 3.05) is 13.7 Å². The molecule has 2 nitrogen and oxygen atoms in total. The van der Waals surface area contributed by atoms with E-state index in [4.69, 9.17) is 4.74 Å². The first-order valence-electron chi connectivity index (χ1n) is 7.12. The third-order valence-corrected chi connectivity index (χ3v) is 3.83. The lowest BCUT2D eigenvalue weighted by Crippen LogP contribution is -2.34. The van der Waals surface area contributed by atoms with Crippen LogP contribution in [-0.2, 0) is 11.2 Å². The normalized spacial score (nSPS) is 21.8. The molecule has 0 radical (unpaired) electrons. The molecule has 1 fully saturated rings. The number of hydrogen-bond acceptors (Lipinski definition) is 2. The van der Waals surface area contributed by atoms with E-state index in [0.29, 0.717) is 12.1 Å². The van der Waals surface area contributed by atoms with Gasteiger partial charge in [-0.1, -0.05) is 29.8 Å². The molecule has 1 aromatic rings. The van der Waals surface area contributed by atoms with E-state index in [1.807, 2.05) is 0 Å². The van der Waals surface area contributed by atoms with E-state index in [9.17, 15) is 0 Å². The molecule has 18 heavy (non-hydrogen) atoms. The molecule has 2 unspecified atom stereocenters. The molecular formula is C16H25NO. The molecule has 0 amide bonds. The number of hydrogen-bond donors (Lipinski definition) is 1. The third-order valence-electron chi connectivity index (χ3n) is 3.83. The van der Waals surface area contributed by atoms with E-state index in [2.05, 4.69) is 43.6 Å². The average Bonchev–Trinajstić information content (AvgIpc) is 2.41. The van der Waals surface area contributed by atoms with Gasteiger partial charge in [-0.25, -0.2) is 0 Å². The van der Waals surface area contributed by atoms with Crippen molar-refractivity contribution in [1.82, 2.24) is 5.32 Å². The molecule has 1 aliphatic rings. The van der Waals surface area contributed by atoms with E-state index < -0.39 is 0 Å². The fourth-order valence-electron chi connectivity index (χ4n) is 2.62. The molecule has 2 heteroatoms. The Balaban J connectivity index is 1.86. The van der Waals surface area contributed by atoms with Crippen LogP contribution < -0.4 is 5.32 Å². The summed E-state index contributed by atoms with van der Waals surface area (Å²) >= 11 is 0. The zero-order valence-corrected chi connectivity index (χ0v) is 11.6. The van der Waals surface area contributed by atoms with Crippen molar-refractivity contribution in [3.63, 3.8) is 0 Å². The van der Waals surface area contributed by atoms with Gasteiger partial charge in [-0.15, -0.1) is 0 Å². The monoisotopic (exact) mass is 247 g/mol. The molecule has 0 aliphatic carbocycles. The molecule has 1 saturated heterocycles. The molecule has 1 aliphatic heterocycles. The van der Waals surface area contributed by atoms with Crippen LogP contribution in [-0.4, -0.2) is 25.8 Å². The lowest BCUT2D eigenvalue weighted by atomic mass is 9.96. The highest BCUT2D eigenvalue weighted by atomic mass is 16.5. The summed E-state index contributed by atoms with van der Waals surface area (Å²) in [4.78, 5) is 0. The minimum absolute atomic E-state index is 0.460. The summed E-state index contributed by atoms with van der Waals surface area (Å²) in [6, 6.07) is 9.39. The second-order valence-corrected chi connectivity index (χ2v) is 5.40. The Morgan fingerprint density at radius 3 is 2.67 bits per heavy atom. The van der Waals surface area contributed by atoms with E-state index in [0.717, 1.165) is 19.4 Å². The van der Waals surface area contributed by atoms with E-state index >= 15 is 0 Å². The smallest absolute Gasteiger partial charge is 0.0590 e. The highest BCUT2D eigenvalue weighted by Crippen LogP contribution is 2.18. The van der Waals surface area contributed by atoms with Crippen molar-refractivity contribution in [3.05, 3.63) is 35.4 Å². The van der Waals surface area contributed by atoms with Gasteiger partial charge in [0.15, 0.2) is 0 Å². The molecule has 1 heterocycles. The van der Waals surface area contributed by atoms with Crippen LogP contribution in [0.25, 0.3) is 0 Å². The average molecular weight is 247 g/mol. The van der Waals surface area contributed by atoms with Crippen LogP contribution in [0.5, 0.6) is 0 Å². The zero-order chi connectivity index (χ0) is 12.8. The Kier molecular flexibility index (Phi) is 5.21. The molecule has 1 N–H and O–H groups in total. The molecule has 2 rings (SSSR count). The summed E-state index contributed by atoms with van der Waals surface area (Å²) < 4.78 is 5.83. The van der Waals surface area contributed by atoms with Gasteiger partial charge in [-0.05, 0) is 51.6 Å². The number of ether oxygens (including phenoxy) is 1. The maximum absolute atomic E-state index is 5.83. The van der Waals surface area contributed by atoms with Crippen molar-refractivity contribution < 1.29 is 4.74 Å². The second kappa shape index (κ2) is 6.91. The standard InChI is InChI=1S/C16H25NO/c1-13-6-8-14(9-7-13)11-15(17-2)12-16-5-3-4-10-18-16/h6-9,15-17H,3-5,10-12H2,1-2H3. The lowest BCUT2D eigenvalue weighted by Gasteiger charge is -2.27. The Morgan fingerprint density at radius 2 is 2.06 bits per heavy atom. The Labute approximate surface area is 111 Å². The fourth-order valence-corrected chi connectivity index (χ4v) is 2.62. The van der Waals surface area contributed by atoms with Crippen molar-refractivity contribution in [3.8, 4) is 0 Å². The highest BCUT2D eigenvalue weighted by molar-refractivity contribution is 5.22. The van der Waals surface area contributed by atoms with Gasteiger partial charge in [0.1, 0.15) is 0 Å². The first kappa shape index (κ1) is 13.6. The van der Waals surface area contributed by atoms with E-state index in [1.54, 1.807) is 0 Å². The number of rotatable bonds is 5. The van der Waals surface area contributed by atoms with Crippen LogP contribution in [0, 0.1) is 6.92 Å². The van der Waals surface area contributed by atoms with Crippen LogP contribution in [0.4, 0.5) is 0 Å². The Bertz CT molecular complexity index is 341. The van der Waals surface area contributed by atoms with Crippen LogP contribution >= 0.6 is 0 Å². The summed E-state index contributed by atoms with van der Waals surface area (Å²) in [5.41, 5.74) is 2.74. The van der Waals surface area contributed by atoms with Crippen LogP contribution in [0.1, 0.15) is 36.8 Å². The number of likely N-dealkylation sites (N-methyl/N-ethyl adjacent to an activating group) is 1. The van der Waals surface area contributed by atoms with Gasteiger partial charge >= 0.3 is 0 Å². The summed E-state index contributed by atoms with van der Waals surface area (Å²) in [5.74, 6) is 0. The minimum Gasteiger partial charge on any atom is -0.378 e. The van der Waals surface area contributed by atoms with Crippen molar-refractivity contribution in [1.29, 1.82) is 0 Å². The Hall–Kier alpha value is -0.860. The van der Waals surface area contributed by atoms with Gasteiger partial charge in [0.25, 0.3) is 0 Å². The van der Waals surface area contributed by atoms with E-state index in [1.165, 1.54) is 30.4 Å². The topological polar surface area (TPSA) is 21.3 Å². The largest absolute Gasteiger partial charge is 0.378 e. The van der Waals surface area contributed by atoms with Gasteiger partial charge in [0.2, 0.25) is 0 Å². The minimum atomic E-state index is 0.460. The van der Waals surface area contributed by atoms with Crippen LogP contribution in [0.3, 0.4) is 0 Å². The summed E-state index contributed by atoms with van der Waals surface area (Å²) in [6.45, 7) is 3.08. The summed E-state index contributed by atoms with van der Waals surface area (Å²) in [6.07, 6.45) is 6.47. The molecule has 1 aromatic carbocycles. The predicted octanol–water partition coefficient (Wildman–Crippen LogP) is 3.08. The van der Waals surface area contributed by atoms with E-state index in [-0.39, 0.29) is 0 Å². The molecule has 0 bridgehead atoms. The second-order valence-electron chi connectivity index (χ2n) is 5.40. The number of aryl methyl sites for hydroxylation is 1. The van der Waals surface area contributed by atoms with Gasteiger partial charge in [-0.2, -0.15) is 0 Å². The van der Waals surface area contributed by atoms with Crippen molar-refractivity contribution in [2.24, 2.45) is 0 Å². The molecule has 0 spiro atoms. The SMILES string of the molecule is CNC(Cc1ccc(C)cc1)CC1CCCCO1. The first-order chi connectivity index (χ1) is 8.78. The quantitative estimate of drug-likeness (QED) is 0.863. The lowest BCUT2D eigenvalue weighted by molar-refractivity contribution is 0.00569. The van der Waals surface area contributed by atoms with Gasteiger partial charge < -0.3 is 10.1 Å². The van der Waals surface area contributed by atoms with Gasteiger partial charge in [0, 0.05) is 12.6 Å². The zero-order valence-electron chi connectivity index (χ0n) is 11.6. The summed E-state index contributed by atoms with van der Waals surface area (Å²) in [5, 5.41) is 3.43. The maximum atomic E-state index is 5.83. The van der Waals surface area contributed by atoms with Crippen molar-refractivity contribution >= 4 is 0 Å². The maximum Gasteiger partial charge on any atom is 0.0590 e. The Morgan fingerprint density at radius 1 is 1.28 bits per heavy atom. The number of nitrogens with one attached hydrogen (secondary N) is 1. The van der Waals surface area contributed by atoms with Gasteiger partial charge in [0.05, 0.1) is 6.10 Å². The number of benzene rings is 1. The summed E-state index contributed by atoms with van der Waals surface area (Å²) in [7, 11) is 2.06. The predicted molar refractivity (Wildman–Crippen MR) is 75.9 cm³/mol. The van der Waals surface area contributed by atoms with Gasteiger partial charge in [-0.3, -0.25) is 0 Å². The van der Waals surface area contributed by atoms with Crippen molar-refractivity contribution in [2.45, 2.75) is 51.2 Å². The van der Waals surface area contributed by atoms with Crippen LogP contribution in [0.15, 0.2) is 24.3 Å². The molecule has 2 atom stereocenters. The fraction of sp³-hybridized carbons (Fsp3) is 0.625. The third kappa shape index (κ3) is 4.11. The first-order valence-corrected chi connectivity index (χ1v) is 7.12.